The summed E-state index contributed by atoms with van der Waals surface area (Å²) < 4.78 is 89.8. The third-order valence-electron chi connectivity index (χ3n) is 4.62. The molecule has 0 radical (unpaired) electrons. The van der Waals surface area contributed by atoms with Gasteiger partial charge in [0.1, 0.15) is 17.3 Å². The zero-order valence-electron chi connectivity index (χ0n) is 17.5. The number of hydrogen-bond donors (Lipinski definition) is 0. The molecule has 0 amide bonds. The van der Waals surface area contributed by atoms with E-state index in [1.807, 2.05) is 0 Å². The summed E-state index contributed by atoms with van der Waals surface area (Å²) in [6.07, 6.45) is -1.78. The molecule has 0 saturated heterocycles. The quantitative estimate of drug-likeness (QED) is 0.262. The number of carbonyl (C=O) groups excluding carboxylic acids is 1. The Labute approximate surface area is 199 Å². The molecule has 0 spiro atoms. The average molecular weight is 527 g/mol. The van der Waals surface area contributed by atoms with Crippen LogP contribution >= 0.6 is 11.3 Å². The minimum absolute atomic E-state index is 0.00606. The van der Waals surface area contributed by atoms with E-state index in [0.29, 0.717) is 0 Å². The van der Waals surface area contributed by atoms with Crippen LogP contribution in [0.5, 0.6) is 11.5 Å². The Bertz CT molecular complexity index is 1510. The highest BCUT2D eigenvalue weighted by Gasteiger charge is 2.41. The Balaban J connectivity index is 1.88. The monoisotopic (exact) mass is 527 g/mol. The second-order valence-electron chi connectivity index (χ2n) is 6.81. The molecule has 4 rings (SSSR count). The van der Waals surface area contributed by atoms with E-state index in [-0.39, 0.29) is 32.2 Å². The van der Waals surface area contributed by atoms with Crippen molar-refractivity contribution in [3.63, 3.8) is 0 Å². The van der Waals surface area contributed by atoms with Gasteiger partial charge in [-0.2, -0.15) is 13.2 Å². The highest BCUT2D eigenvalue weighted by atomic mass is 32.2. The Morgan fingerprint density at radius 2 is 1.86 bits per heavy atom. The molecule has 35 heavy (non-hydrogen) atoms. The molecule has 4 aromatic rings. The van der Waals surface area contributed by atoms with Crippen molar-refractivity contribution in [2.24, 2.45) is 0 Å². The molecule has 0 bridgehead atoms. The van der Waals surface area contributed by atoms with E-state index >= 15 is 0 Å². The number of methoxy groups -OCH3 is 1. The number of carbonyl (C=O) groups is 1. The maximum atomic E-state index is 13.8. The molecule has 0 aliphatic rings. The fraction of sp³-hybridized carbons (Fsp3) is 0.0952. The lowest BCUT2D eigenvalue weighted by molar-refractivity contribution is -0.189. The number of rotatable bonds is 6. The van der Waals surface area contributed by atoms with Gasteiger partial charge in [-0.1, -0.05) is 6.07 Å². The number of hydrogen-bond acceptors (Lipinski definition) is 8. The summed E-state index contributed by atoms with van der Waals surface area (Å²) in [5, 5.41) is 1.63. The molecule has 0 aliphatic carbocycles. The van der Waals surface area contributed by atoms with Gasteiger partial charge in [-0.15, -0.1) is 11.3 Å². The number of benzene rings is 2. The van der Waals surface area contributed by atoms with Crippen molar-refractivity contribution < 1.29 is 40.2 Å². The van der Waals surface area contributed by atoms with Crippen molar-refractivity contribution in [1.82, 2.24) is 9.97 Å². The second kappa shape index (κ2) is 9.11. The lowest BCUT2D eigenvalue weighted by Gasteiger charge is -2.24. The number of halogens is 4. The standard InChI is InChI=1S/C21H13F4N3O5S2/c1-32-17-8-13(22)3-5-16(17)28(20-27-6-7-34-20)35(30,31)14-4-2-12-10-26-11-18(15(12)9-14)33-19(29)21(23,24)25/h2-11H,1H3. The van der Waals surface area contributed by atoms with E-state index in [1.165, 1.54) is 43.1 Å². The van der Waals surface area contributed by atoms with Gasteiger partial charge >= 0.3 is 12.1 Å². The average Bonchev–Trinajstić information content (AvgIpc) is 3.33. The molecule has 8 nitrogen and oxygen atoms in total. The van der Waals surface area contributed by atoms with Gasteiger partial charge in [-0.05, 0) is 24.3 Å². The summed E-state index contributed by atoms with van der Waals surface area (Å²) in [4.78, 5) is 18.7. The van der Waals surface area contributed by atoms with Gasteiger partial charge in [0.25, 0.3) is 10.0 Å². The molecule has 0 atom stereocenters. The van der Waals surface area contributed by atoms with Crippen LogP contribution in [0.15, 0.2) is 65.3 Å². The third-order valence-corrected chi connectivity index (χ3v) is 7.19. The van der Waals surface area contributed by atoms with Crippen LogP contribution in [0.25, 0.3) is 10.8 Å². The molecule has 2 aromatic heterocycles. The van der Waals surface area contributed by atoms with Crippen molar-refractivity contribution >= 4 is 48.9 Å². The van der Waals surface area contributed by atoms with Gasteiger partial charge in [-0.3, -0.25) is 4.98 Å². The second-order valence-corrected chi connectivity index (χ2v) is 9.47. The highest BCUT2D eigenvalue weighted by molar-refractivity contribution is 7.93. The minimum atomic E-state index is -5.27. The zero-order valence-corrected chi connectivity index (χ0v) is 19.1. The summed E-state index contributed by atoms with van der Waals surface area (Å²) in [7, 11) is -3.26. The van der Waals surface area contributed by atoms with Crippen LogP contribution in [-0.2, 0) is 14.8 Å². The number of aromatic nitrogens is 2. The predicted octanol–water partition coefficient (Wildman–Crippen LogP) is 4.83. The Morgan fingerprint density at radius 1 is 1.09 bits per heavy atom. The molecule has 0 N–H and O–H groups in total. The minimum Gasteiger partial charge on any atom is -0.494 e. The number of alkyl halides is 3. The molecule has 0 aliphatic heterocycles. The fourth-order valence-electron chi connectivity index (χ4n) is 3.09. The molecule has 0 fully saturated rings. The predicted molar refractivity (Wildman–Crippen MR) is 118 cm³/mol. The first-order valence-corrected chi connectivity index (χ1v) is 11.8. The number of esters is 1. The number of sulfonamides is 1. The zero-order chi connectivity index (χ0) is 25.4. The fourth-order valence-corrected chi connectivity index (χ4v) is 5.45. The van der Waals surface area contributed by atoms with E-state index in [0.717, 1.165) is 40.0 Å². The maximum absolute atomic E-state index is 13.8. The van der Waals surface area contributed by atoms with Crippen LogP contribution in [0.3, 0.4) is 0 Å². The van der Waals surface area contributed by atoms with Gasteiger partial charge in [0, 0.05) is 34.6 Å². The lowest BCUT2D eigenvalue weighted by Crippen LogP contribution is -2.28. The first-order valence-electron chi connectivity index (χ1n) is 9.47. The number of thiazole rings is 1. The van der Waals surface area contributed by atoms with Gasteiger partial charge in [0.2, 0.25) is 5.13 Å². The summed E-state index contributed by atoms with van der Waals surface area (Å²) >= 11 is 0.971. The number of pyridine rings is 1. The van der Waals surface area contributed by atoms with Gasteiger partial charge in [0.05, 0.1) is 18.2 Å². The molecular formula is C21H13F4N3O5S2. The molecule has 2 aromatic carbocycles. The topological polar surface area (TPSA) is 98.7 Å². The number of anilines is 2. The summed E-state index contributed by atoms with van der Waals surface area (Å²) in [6.45, 7) is 0. The van der Waals surface area contributed by atoms with Crippen molar-refractivity contribution in [2.75, 3.05) is 11.4 Å². The number of nitrogens with zero attached hydrogens (tertiary/aromatic N) is 3. The first-order chi connectivity index (χ1) is 16.5. The van der Waals surface area contributed by atoms with E-state index < -0.39 is 33.7 Å². The van der Waals surface area contributed by atoms with Gasteiger partial charge in [0.15, 0.2) is 5.75 Å². The molecule has 2 heterocycles. The highest BCUT2D eigenvalue weighted by Crippen LogP contribution is 2.40. The first kappa shape index (κ1) is 24.3. The lowest BCUT2D eigenvalue weighted by atomic mass is 10.2. The van der Waals surface area contributed by atoms with Crippen LogP contribution in [0, 0.1) is 5.82 Å². The molecule has 0 saturated carbocycles. The largest absolute Gasteiger partial charge is 0.494 e. The summed E-state index contributed by atoms with van der Waals surface area (Å²) in [5.41, 5.74) is -0.0533. The Kier molecular flexibility index (Phi) is 6.34. The molecule has 14 heteroatoms. The number of ether oxygens (including phenoxy) is 2. The maximum Gasteiger partial charge on any atom is 0.491 e. The summed E-state index contributed by atoms with van der Waals surface area (Å²) in [6, 6.07) is 6.75. The third kappa shape index (κ3) is 4.74. The molecule has 0 unspecified atom stereocenters. The summed E-state index contributed by atoms with van der Waals surface area (Å²) in [5.74, 6) is -3.84. The Hall–Kier alpha value is -3.78. The smallest absolute Gasteiger partial charge is 0.491 e. The van der Waals surface area contributed by atoms with Crippen molar-refractivity contribution in [3.05, 3.63) is 66.2 Å². The normalized spacial score (nSPS) is 11.9. The van der Waals surface area contributed by atoms with Crippen LogP contribution in [0.2, 0.25) is 0 Å². The van der Waals surface area contributed by atoms with Crippen LogP contribution in [0.1, 0.15) is 0 Å². The molecule has 182 valence electrons. The van der Waals surface area contributed by atoms with Gasteiger partial charge < -0.3 is 9.47 Å². The van der Waals surface area contributed by atoms with E-state index in [4.69, 9.17) is 4.74 Å². The van der Waals surface area contributed by atoms with E-state index in [2.05, 4.69) is 14.7 Å². The number of fused-ring (bicyclic) bond motifs is 1. The van der Waals surface area contributed by atoms with Crippen LogP contribution in [-0.4, -0.2) is 37.6 Å². The van der Waals surface area contributed by atoms with E-state index in [1.54, 1.807) is 0 Å². The van der Waals surface area contributed by atoms with Crippen molar-refractivity contribution in [2.45, 2.75) is 11.1 Å². The van der Waals surface area contributed by atoms with E-state index in [9.17, 15) is 30.8 Å². The molecular weight excluding hydrogens is 514 g/mol. The van der Waals surface area contributed by atoms with Crippen molar-refractivity contribution in [3.8, 4) is 11.5 Å². The SMILES string of the molecule is COc1cc(F)ccc1N(c1nccs1)S(=O)(=O)c1ccc2cncc(OC(=O)C(F)(F)F)c2c1. The van der Waals surface area contributed by atoms with Crippen LogP contribution in [0.4, 0.5) is 28.4 Å². The van der Waals surface area contributed by atoms with Crippen molar-refractivity contribution in [1.29, 1.82) is 0 Å². The van der Waals surface area contributed by atoms with Gasteiger partial charge in [-0.25, -0.2) is 26.9 Å². The van der Waals surface area contributed by atoms with Crippen LogP contribution < -0.4 is 13.8 Å². The Morgan fingerprint density at radius 3 is 2.51 bits per heavy atom.